The fourth-order valence-corrected chi connectivity index (χ4v) is 2.31. The zero-order valence-electron chi connectivity index (χ0n) is 10.9. The van der Waals surface area contributed by atoms with Crippen LogP contribution in [0.2, 0.25) is 5.02 Å². The first-order chi connectivity index (χ1) is 9.11. The van der Waals surface area contributed by atoms with Gasteiger partial charge in [0.15, 0.2) is 0 Å². The van der Waals surface area contributed by atoms with Crippen LogP contribution in [0.15, 0.2) is 18.2 Å². The molecule has 0 heterocycles. The number of aromatic carboxylic acids is 1. The summed E-state index contributed by atoms with van der Waals surface area (Å²) >= 11 is 6.16. The van der Waals surface area contributed by atoms with Crippen molar-refractivity contribution in [2.75, 3.05) is 20.3 Å². The molecule has 0 amide bonds. The van der Waals surface area contributed by atoms with E-state index in [-0.39, 0.29) is 5.56 Å². The number of hydrogen-bond acceptors (Lipinski definition) is 3. The molecule has 0 bridgehead atoms. The van der Waals surface area contributed by atoms with E-state index in [0.29, 0.717) is 17.7 Å². The molecule has 0 atom stereocenters. The largest absolute Gasteiger partial charge is 0.478 e. The van der Waals surface area contributed by atoms with Crippen molar-refractivity contribution in [1.29, 1.82) is 0 Å². The molecule has 0 saturated heterocycles. The molecule has 1 N–H and O–H groups in total. The zero-order valence-corrected chi connectivity index (χ0v) is 11.7. The molecule has 1 aromatic carbocycles. The lowest BCUT2D eigenvalue weighted by atomic mass is 10.1. The number of rotatable bonds is 7. The molecular formula is C14H18ClNO3. The van der Waals surface area contributed by atoms with Crippen molar-refractivity contribution in [3.05, 3.63) is 34.3 Å². The van der Waals surface area contributed by atoms with Crippen LogP contribution in [0.5, 0.6) is 0 Å². The Morgan fingerprint density at radius 3 is 2.79 bits per heavy atom. The van der Waals surface area contributed by atoms with E-state index >= 15 is 0 Å². The quantitative estimate of drug-likeness (QED) is 0.836. The van der Waals surface area contributed by atoms with Gasteiger partial charge in [0.25, 0.3) is 0 Å². The van der Waals surface area contributed by atoms with Gasteiger partial charge in [0, 0.05) is 31.3 Å². The highest BCUT2D eigenvalue weighted by Gasteiger charge is 2.29. The van der Waals surface area contributed by atoms with Gasteiger partial charge in [0.2, 0.25) is 0 Å². The second-order valence-corrected chi connectivity index (χ2v) is 5.21. The first-order valence-electron chi connectivity index (χ1n) is 6.36. The Morgan fingerprint density at radius 2 is 2.26 bits per heavy atom. The van der Waals surface area contributed by atoms with Gasteiger partial charge in [-0.1, -0.05) is 17.7 Å². The summed E-state index contributed by atoms with van der Waals surface area (Å²) in [6.07, 6.45) is 2.43. The van der Waals surface area contributed by atoms with E-state index in [0.717, 1.165) is 18.7 Å². The average molecular weight is 284 g/mol. The van der Waals surface area contributed by atoms with Crippen molar-refractivity contribution in [2.45, 2.75) is 25.4 Å². The Kier molecular flexibility index (Phi) is 4.80. The van der Waals surface area contributed by atoms with Gasteiger partial charge in [0.1, 0.15) is 0 Å². The summed E-state index contributed by atoms with van der Waals surface area (Å²) < 4.78 is 5.12. The molecule has 104 valence electrons. The monoisotopic (exact) mass is 283 g/mol. The highest BCUT2D eigenvalue weighted by Crippen LogP contribution is 2.29. The number of carbonyl (C=O) groups is 1. The minimum atomic E-state index is -0.952. The van der Waals surface area contributed by atoms with Crippen LogP contribution >= 0.6 is 11.6 Å². The lowest BCUT2D eigenvalue weighted by molar-refractivity contribution is 0.0697. The zero-order chi connectivity index (χ0) is 13.8. The van der Waals surface area contributed by atoms with Crippen LogP contribution in [-0.2, 0) is 11.3 Å². The third-order valence-electron chi connectivity index (χ3n) is 3.32. The number of methoxy groups -OCH3 is 1. The van der Waals surface area contributed by atoms with Crippen LogP contribution in [0.3, 0.4) is 0 Å². The molecule has 0 unspecified atom stereocenters. The summed E-state index contributed by atoms with van der Waals surface area (Å²) in [4.78, 5) is 13.2. The van der Waals surface area contributed by atoms with Crippen molar-refractivity contribution in [2.24, 2.45) is 0 Å². The van der Waals surface area contributed by atoms with Gasteiger partial charge < -0.3 is 9.84 Å². The van der Waals surface area contributed by atoms with E-state index in [2.05, 4.69) is 4.90 Å². The fraction of sp³-hybridized carbons (Fsp3) is 0.500. The maximum absolute atomic E-state index is 10.9. The molecule has 0 aromatic heterocycles. The van der Waals surface area contributed by atoms with Crippen LogP contribution in [0.4, 0.5) is 0 Å². The highest BCUT2D eigenvalue weighted by atomic mass is 35.5. The molecule has 2 rings (SSSR count). The molecule has 0 spiro atoms. The molecule has 1 aromatic rings. The first kappa shape index (κ1) is 14.3. The van der Waals surface area contributed by atoms with Crippen LogP contribution in [0.25, 0.3) is 0 Å². The lowest BCUT2D eigenvalue weighted by Gasteiger charge is -2.22. The number of carboxylic acid groups (broad SMARTS) is 1. The summed E-state index contributed by atoms with van der Waals surface area (Å²) in [6.45, 7) is 2.31. The predicted octanol–water partition coefficient (Wildman–Crippen LogP) is 2.65. The maximum Gasteiger partial charge on any atom is 0.335 e. The number of carboxylic acids is 1. The minimum Gasteiger partial charge on any atom is -0.478 e. The number of halogens is 1. The molecule has 5 heteroatoms. The molecule has 1 aliphatic rings. The van der Waals surface area contributed by atoms with Gasteiger partial charge in [-0.15, -0.1) is 0 Å². The van der Waals surface area contributed by atoms with E-state index in [1.165, 1.54) is 18.9 Å². The first-order valence-corrected chi connectivity index (χ1v) is 6.74. The van der Waals surface area contributed by atoms with Crippen LogP contribution in [0.1, 0.15) is 28.8 Å². The van der Waals surface area contributed by atoms with Gasteiger partial charge in [-0.3, -0.25) is 4.90 Å². The Labute approximate surface area is 117 Å². The Morgan fingerprint density at radius 1 is 1.53 bits per heavy atom. The SMILES string of the molecule is COCCN(Cc1ccc(C(=O)O)cc1Cl)C1CC1. The second kappa shape index (κ2) is 6.37. The van der Waals surface area contributed by atoms with Gasteiger partial charge in [0.05, 0.1) is 12.2 Å². The molecule has 1 saturated carbocycles. The average Bonchev–Trinajstić information content (AvgIpc) is 3.20. The van der Waals surface area contributed by atoms with E-state index in [4.69, 9.17) is 21.4 Å². The highest BCUT2D eigenvalue weighted by molar-refractivity contribution is 6.31. The smallest absolute Gasteiger partial charge is 0.335 e. The van der Waals surface area contributed by atoms with Crippen LogP contribution in [-0.4, -0.2) is 42.3 Å². The molecular weight excluding hydrogens is 266 g/mol. The third kappa shape index (κ3) is 3.93. The molecule has 1 aliphatic carbocycles. The van der Waals surface area contributed by atoms with Crippen molar-refractivity contribution >= 4 is 17.6 Å². The number of ether oxygens (including phenoxy) is 1. The summed E-state index contributed by atoms with van der Waals surface area (Å²) in [5, 5.41) is 9.43. The summed E-state index contributed by atoms with van der Waals surface area (Å²) in [5.41, 5.74) is 1.19. The van der Waals surface area contributed by atoms with Crippen molar-refractivity contribution in [3.8, 4) is 0 Å². The normalized spacial score (nSPS) is 14.9. The van der Waals surface area contributed by atoms with Crippen molar-refractivity contribution < 1.29 is 14.6 Å². The van der Waals surface area contributed by atoms with E-state index in [1.54, 1.807) is 19.2 Å². The topological polar surface area (TPSA) is 49.8 Å². The molecule has 1 fully saturated rings. The molecule has 0 aliphatic heterocycles. The van der Waals surface area contributed by atoms with E-state index in [9.17, 15) is 4.79 Å². The van der Waals surface area contributed by atoms with Gasteiger partial charge in [-0.2, -0.15) is 0 Å². The maximum atomic E-state index is 10.9. The Hall–Kier alpha value is -1.10. The van der Waals surface area contributed by atoms with Crippen LogP contribution in [0, 0.1) is 0 Å². The van der Waals surface area contributed by atoms with Crippen LogP contribution < -0.4 is 0 Å². The van der Waals surface area contributed by atoms with Gasteiger partial charge >= 0.3 is 5.97 Å². The molecule has 4 nitrogen and oxygen atoms in total. The number of nitrogens with zero attached hydrogens (tertiary/aromatic N) is 1. The van der Waals surface area contributed by atoms with Gasteiger partial charge in [-0.25, -0.2) is 4.79 Å². The van der Waals surface area contributed by atoms with E-state index < -0.39 is 5.97 Å². The fourth-order valence-electron chi connectivity index (χ4n) is 2.07. The summed E-state index contributed by atoms with van der Waals surface area (Å²) in [6, 6.07) is 5.53. The standard InChI is InChI=1S/C14H18ClNO3/c1-19-7-6-16(12-4-5-12)9-11-3-2-10(14(17)18)8-13(11)15/h2-3,8,12H,4-7,9H2,1H3,(H,17,18). The predicted molar refractivity (Wildman–Crippen MR) is 73.7 cm³/mol. The molecule has 19 heavy (non-hydrogen) atoms. The van der Waals surface area contributed by atoms with E-state index in [1.807, 2.05) is 0 Å². The molecule has 0 radical (unpaired) electrons. The van der Waals surface area contributed by atoms with Crippen molar-refractivity contribution in [1.82, 2.24) is 4.90 Å². The number of benzene rings is 1. The van der Waals surface area contributed by atoms with Gasteiger partial charge in [-0.05, 0) is 30.5 Å². The minimum absolute atomic E-state index is 0.226. The Bertz CT molecular complexity index is 460. The summed E-state index contributed by atoms with van der Waals surface area (Å²) in [5.74, 6) is -0.952. The third-order valence-corrected chi connectivity index (χ3v) is 3.67. The van der Waals surface area contributed by atoms with Crippen molar-refractivity contribution in [3.63, 3.8) is 0 Å². The number of hydrogen-bond donors (Lipinski definition) is 1. The lowest BCUT2D eigenvalue weighted by Crippen LogP contribution is -2.29. The Balaban J connectivity index is 2.06. The second-order valence-electron chi connectivity index (χ2n) is 4.81. The summed E-state index contributed by atoms with van der Waals surface area (Å²) in [7, 11) is 1.69.